The zero-order valence-electron chi connectivity index (χ0n) is 22.8. The van der Waals surface area contributed by atoms with Gasteiger partial charge in [-0.2, -0.15) is 0 Å². The van der Waals surface area contributed by atoms with Crippen molar-refractivity contribution in [3.63, 3.8) is 0 Å². The van der Waals surface area contributed by atoms with Gasteiger partial charge in [-0.05, 0) is 98.3 Å². The summed E-state index contributed by atoms with van der Waals surface area (Å²) < 4.78 is 19.8. The summed E-state index contributed by atoms with van der Waals surface area (Å²) in [5.41, 5.74) is 4.19. The molecule has 0 aliphatic carbocycles. The first-order valence-electron chi connectivity index (χ1n) is 12.8. The van der Waals surface area contributed by atoms with E-state index in [9.17, 15) is 23.9 Å². The van der Waals surface area contributed by atoms with Crippen molar-refractivity contribution in [1.29, 1.82) is 0 Å². The van der Waals surface area contributed by atoms with Crippen LogP contribution in [0.5, 0.6) is 0 Å². The van der Waals surface area contributed by atoms with Crippen molar-refractivity contribution in [2.24, 2.45) is 0 Å². The Hall–Kier alpha value is -4.04. The van der Waals surface area contributed by atoms with E-state index in [0.717, 1.165) is 16.7 Å². The van der Waals surface area contributed by atoms with E-state index in [0.29, 0.717) is 22.4 Å². The van der Waals surface area contributed by atoms with Gasteiger partial charge in [-0.15, -0.1) is 0 Å². The van der Waals surface area contributed by atoms with Crippen LogP contribution in [0.4, 0.5) is 10.1 Å². The first kappa shape index (κ1) is 28.0. The number of carbonyl (C=O) groups is 3. The average molecular weight is 533 g/mol. The van der Waals surface area contributed by atoms with Crippen LogP contribution in [0.15, 0.2) is 54.6 Å². The van der Waals surface area contributed by atoms with Crippen LogP contribution in [0.1, 0.15) is 70.6 Å². The van der Waals surface area contributed by atoms with Crippen LogP contribution < -0.4 is 5.32 Å². The standard InChI is InChI=1S/C31H33FN2O5/c1-18-23(15-26(35)33-22-12-7-6-8-13-22)27(28(30(37)38)39-31(3,4)5)19(2)25-17-34(16-24(18)25)29(36)20-10-9-11-21(32)14-20/h6-14,28H,15-17H2,1-5H3,(H,33,35)(H,37,38). The minimum absolute atomic E-state index is 0.0701. The molecule has 4 rings (SSSR count). The lowest BCUT2D eigenvalue weighted by Crippen LogP contribution is -2.30. The maximum absolute atomic E-state index is 13.8. The van der Waals surface area contributed by atoms with E-state index in [-0.39, 0.29) is 36.9 Å². The molecule has 1 aliphatic rings. The molecule has 39 heavy (non-hydrogen) atoms. The van der Waals surface area contributed by atoms with Crippen molar-refractivity contribution in [2.45, 2.75) is 65.8 Å². The number of carboxylic acid groups (broad SMARTS) is 1. The molecule has 0 radical (unpaired) electrons. The molecule has 7 nitrogen and oxygen atoms in total. The summed E-state index contributed by atoms with van der Waals surface area (Å²) in [4.78, 5) is 40.6. The molecule has 0 fully saturated rings. The Balaban J connectivity index is 1.78. The maximum Gasteiger partial charge on any atom is 0.337 e. The lowest BCUT2D eigenvalue weighted by Gasteiger charge is -2.29. The number of hydrogen-bond donors (Lipinski definition) is 2. The van der Waals surface area contributed by atoms with Crippen molar-refractivity contribution < 1.29 is 28.6 Å². The van der Waals surface area contributed by atoms with Gasteiger partial charge < -0.3 is 20.1 Å². The van der Waals surface area contributed by atoms with Gasteiger partial charge in [0.25, 0.3) is 5.91 Å². The van der Waals surface area contributed by atoms with Crippen LogP contribution in [0.2, 0.25) is 0 Å². The number of hydrogen-bond acceptors (Lipinski definition) is 4. The maximum atomic E-state index is 13.8. The largest absolute Gasteiger partial charge is 0.479 e. The van der Waals surface area contributed by atoms with E-state index in [2.05, 4.69) is 5.32 Å². The molecule has 1 unspecified atom stereocenters. The molecular weight excluding hydrogens is 499 g/mol. The number of ether oxygens (including phenoxy) is 1. The fourth-order valence-corrected chi connectivity index (χ4v) is 5.10. The first-order valence-corrected chi connectivity index (χ1v) is 12.8. The number of fused-ring (bicyclic) bond motifs is 1. The quantitative estimate of drug-likeness (QED) is 0.406. The number of halogens is 1. The fourth-order valence-electron chi connectivity index (χ4n) is 5.10. The molecule has 1 atom stereocenters. The minimum atomic E-state index is -1.32. The van der Waals surface area contributed by atoms with Crippen molar-refractivity contribution in [3.8, 4) is 0 Å². The van der Waals surface area contributed by atoms with Gasteiger partial charge in [0.2, 0.25) is 5.91 Å². The van der Waals surface area contributed by atoms with E-state index in [1.54, 1.807) is 43.9 Å². The Morgan fingerprint density at radius 2 is 1.64 bits per heavy atom. The lowest BCUT2D eigenvalue weighted by atomic mass is 9.84. The molecule has 0 saturated heterocycles. The van der Waals surface area contributed by atoms with E-state index < -0.39 is 23.5 Å². The predicted octanol–water partition coefficient (Wildman–Crippen LogP) is 5.72. The second-order valence-corrected chi connectivity index (χ2v) is 10.8. The fraction of sp³-hybridized carbons (Fsp3) is 0.323. The van der Waals surface area contributed by atoms with Crippen LogP contribution in [-0.4, -0.2) is 33.4 Å². The van der Waals surface area contributed by atoms with Crippen molar-refractivity contribution in [1.82, 2.24) is 4.90 Å². The molecule has 1 heterocycles. The molecule has 0 saturated carbocycles. The summed E-state index contributed by atoms with van der Waals surface area (Å²) in [6.07, 6.45) is -1.39. The second kappa shape index (κ2) is 11.0. The van der Waals surface area contributed by atoms with Crippen LogP contribution >= 0.6 is 0 Å². The second-order valence-electron chi connectivity index (χ2n) is 10.8. The van der Waals surface area contributed by atoms with Crippen LogP contribution in [0, 0.1) is 19.7 Å². The number of nitrogens with zero attached hydrogens (tertiary/aromatic N) is 1. The first-order chi connectivity index (χ1) is 18.4. The number of benzene rings is 3. The predicted molar refractivity (Wildman–Crippen MR) is 146 cm³/mol. The number of rotatable bonds is 7. The number of aliphatic carboxylic acids is 1. The van der Waals surface area contributed by atoms with Gasteiger partial charge in [0.15, 0.2) is 6.10 Å². The Labute approximate surface area is 227 Å². The van der Waals surface area contributed by atoms with E-state index in [1.807, 2.05) is 32.0 Å². The zero-order valence-corrected chi connectivity index (χ0v) is 22.8. The number of para-hydroxylation sites is 1. The third kappa shape index (κ3) is 6.17. The number of carboxylic acids is 1. The number of anilines is 1. The SMILES string of the molecule is Cc1c2c(c(C)c(C(OC(C)(C)C)C(=O)O)c1CC(=O)Nc1ccccc1)CN(C(=O)c1cccc(F)c1)C2. The summed E-state index contributed by atoms with van der Waals surface area (Å²) >= 11 is 0. The highest BCUT2D eigenvalue weighted by molar-refractivity contribution is 5.95. The van der Waals surface area contributed by atoms with Gasteiger partial charge in [-0.25, -0.2) is 9.18 Å². The van der Waals surface area contributed by atoms with Gasteiger partial charge in [0.1, 0.15) is 5.82 Å². The minimum Gasteiger partial charge on any atom is -0.479 e. The number of amides is 2. The van der Waals surface area contributed by atoms with Crippen molar-refractivity contribution in [3.05, 3.63) is 99.4 Å². The summed E-state index contributed by atoms with van der Waals surface area (Å²) in [5.74, 6) is -2.28. The molecule has 1 aliphatic heterocycles. The molecule has 2 amide bonds. The zero-order chi connectivity index (χ0) is 28.5. The number of nitrogens with one attached hydrogen (secondary N) is 1. The van der Waals surface area contributed by atoms with Crippen LogP contribution in [0.25, 0.3) is 0 Å². The molecule has 0 spiro atoms. The Bertz CT molecular complexity index is 1430. The highest BCUT2D eigenvalue weighted by Gasteiger charge is 2.36. The molecule has 8 heteroatoms. The Kier molecular flexibility index (Phi) is 7.88. The van der Waals surface area contributed by atoms with Gasteiger partial charge in [-0.3, -0.25) is 9.59 Å². The summed E-state index contributed by atoms with van der Waals surface area (Å²) in [7, 11) is 0. The summed E-state index contributed by atoms with van der Waals surface area (Å²) in [6.45, 7) is 9.49. The topological polar surface area (TPSA) is 95.9 Å². The van der Waals surface area contributed by atoms with E-state index in [1.165, 1.54) is 18.2 Å². The molecule has 3 aromatic carbocycles. The molecule has 2 N–H and O–H groups in total. The van der Waals surface area contributed by atoms with Gasteiger partial charge >= 0.3 is 5.97 Å². The lowest BCUT2D eigenvalue weighted by molar-refractivity contribution is -0.160. The third-order valence-electron chi connectivity index (χ3n) is 6.86. The molecular formula is C31H33FN2O5. The molecule has 0 bridgehead atoms. The summed E-state index contributed by atoms with van der Waals surface area (Å²) in [5, 5.41) is 13.1. The average Bonchev–Trinajstić information content (AvgIpc) is 3.32. The number of carbonyl (C=O) groups excluding carboxylic acids is 2. The Morgan fingerprint density at radius 3 is 2.23 bits per heavy atom. The van der Waals surface area contributed by atoms with Crippen LogP contribution in [0.3, 0.4) is 0 Å². The van der Waals surface area contributed by atoms with Crippen LogP contribution in [-0.2, 0) is 33.8 Å². The monoisotopic (exact) mass is 532 g/mol. The van der Waals surface area contributed by atoms with E-state index >= 15 is 0 Å². The highest BCUT2D eigenvalue weighted by Crippen LogP contribution is 2.40. The van der Waals surface area contributed by atoms with Gasteiger partial charge in [0, 0.05) is 24.3 Å². The summed E-state index contributed by atoms with van der Waals surface area (Å²) in [6, 6.07) is 14.6. The van der Waals surface area contributed by atoms with Gasteiger partial charge in [-0.1, -0.05) is 24.3 Å². The van der Waals surface area contributed by atoms with Crippen molar-refractivity contribution in [2.75, 3.05) is 5.32 Å². The molecule has 3 aromatic rings. The highest BCUT2D eigenvalue weighted by atomic mass is 19.1. The smallest absolute Gasteiger partial charge is 0.337 e. The van der Waals surface area contributed by atoms with E-state index in [4.69, 9.17) is 4.74 Å². The normalized spacial score (nSPS) is 13.6. The molecule has 204 valence electrons. The van der Waals surface area contributed by atoms with Crippen molar-refractivity contribution >= 4 is 23.5 Å². The Morgan fingerprint density at radius 1 is 1.00 bits per heavy atom. The molecule has 0 aromatic heterocycles. The third-order valence-corrected chi connectivity index (χ3v) is 6.86. The van der Waals surface area contributed by atoms with Gasteiger partial charge in [0.05, 0.1) is 12.0 Å².